The van der Waals surface area contributed by atoms with Crippen molar-refractivity contribution < 1.29 is 28.6 Å². The summed E-state index contributed by atoms with van der Waals surface area (Å²) < 4.78 is 16.7. The van der Waals surface area contributed by atoms with Crippen molar-refractivity contribution in [2.75, 3.05) is 13.2 Å². The summed E-state index contributed by atoms with van der Waals surface area (Å²) in [4.78, 5) is 38.1. The fourth-order valence-electron chi connectivity index (χ4n) is 7.38. The number of allylic oxidation sites excluding steroid dienone is 23. The first-order valence-electron chi connectivity index (χ1n) is 28.8. The van der Waals surface area contributed by atoms with Gasteiger partial charge >= 0.3 is 17.9 Å². The highest BCUT2D eigenvalue weighted by Crippen LogP contribution is 2.14. The number of rotatable bonds is 50. The number of unbranched alkanes of at least 4 members (excludes halogenated alkanes) is 16. The molecular formula is C66H104O6. The number of hydrogen-bond donors (Lipinski definition) is 0. The number of carbonyl (C=O) groups is 3. The molecule has 404 valence electrons. The molecule has 0 aromatic heterocycles. The summed E-state index contributed by atoms with van der Waals surface area (Å²) in [6, 6.07) is 0. The first kappa shape index (κ1) is 67.3. The lowest BCUT2D eigenvalue weighted by molar-refractivity contribution is -0.166. The molecule has 0 heterocycles. The van der Waals surface area contributed by atoms with E-state index < -0.39 is 12.1 Å². The molecule has 0 aromatic rings. The molecule has 0 bridgehead atoms. The Morgan fingerprint density at radius 3 is 0.917 bits per heavy atom. The molecule has 0 radical (unpaired) electrons. The Balaban J connectivity index is 4.52. The van der Waals surface area contributed by atoms with Crippen molar-refractivity contribution in [3.8, 4) is 0 Å². The van der Waals surface area contributed by atoms with Crippen LogP contribution in [0, 0.1) is 0 Å². The average molecular weight is 994 g/mol. The third kappa shape index (κ3) is 56.2. The second-order valence-corrected chi connectivity index (χ2v) is 18.5. The molecule has 0 aliphatic heterocycles. The molecule has 0 aliphatic carbocycles. The van der Waals surface area contributed by atoms with Gasteiger partial charge in [0.1, 0.15) is 13.2 Å². The fraction of sp³-hybridized carbons (Fsp3) is 0.591. The molecule has 1 atom stereocenters. The molecular weight excluding hydrogens is 889 g/mol. The highest BCUT2D eigenvalue weighted by Gasteiger charge is 2.19. The number of ether oxygens (including phenoxy) is 3. The molecule has 0 amide bonds. The largest absolute Gasteiger partial charge is 0.462 e. The van der Waals surface area contributed by atoms with Gasteiger partial charge in [-0.3, -0.25) is 14.4 Å². The van der Waals surface area contributed by atoms with Crippen molar-refractivity contribution in [1.29, 1.82) is 0 Å². The van der Waals surface area contributed by atoms with Crippen molar-refractivity contribution in [2.45, 2.75) is 239 Å². The molecule has 0 spiro atoms. The normalized spacial score (nSPS) is 13.2. The molecule has 0 N–H and O–H groups in total. The molecule has 0 saturated heterocycles. The Morgan fingerprint density at radius 2 is 0.583 bits per heavy atom. The van der Waals surface area contributed by atoms with Gasteiger partial charge in [0.05, 0.1) is 6.42 Å². The second-order valence-electron chi connectivity index (χ2n) is 18.5. The maximum atomic E-state index is 12.8. The first-order valence-corrected chi connectivity index (χ1v) is 28.8. The van der Waals surface area contributed by atoms with Gasteiger partial charge in [0.2, 0.25) is 0 Å². The van der Waals surface area contributed by atoms with Crippen LogP contribution in [0.3, 0.4) is 0 Å². The Labute approximate surface area is 442 Å². The summed E-state index contributed by atoms with van der Waals surface area (Å²) in [5, 5.41) is 0. The molecule has 6 nitrogen and oxygen atoms in total. The highest BCUT2D eigenvalue weighted by atomic mass is 16.6. The molecule has 0 aliphatic rings. The van der Waals surface area contributed by atoms with Crippen LogP contribution in [0.15, 0.2) is 146 Å². The Bertz CT molecular complexity index is 1610. The molecule has 6 heteroatoms. The van der Waals surface area contributed by atoms with Gasteiger partial charge in [0.15, 0.2) is 6.10 Å². The standard InChI is InChI=1S/C66H104O6/c1-4-7-10-13-16-19-22-25-28-29-30-31-32-33-34-35-36-37-39-41-44-47-50-53-56-59-65(68)71-62-63(61-70-64(67)58-55-52-49-46-43-40-27-24-21-18-15-12-9-6-3)72-66(69)60-57-54-51-48-45-42-38-26-23-20-17-14-11-8-5-2/h7-8,10-11,16-17,19-20,25-26,28,30-31,33-34,36-38,41,44-45,48,54,57,63H,4-6,9,12-15,18,21-24,27,29,32,35,39-40,42-43,46-47,49-53,55-56,58-62H2,1-3H3/b10-7-,11-8-,19-16-,20-17-,28-25-,31-30-,34-33-,37-36-,38-26-,44-41-,48-45-,57-54-. The van der Waals surface area contributed by atoms with Crippen LogP contribution in [-0.2, 0) is 28.6 Å². The fourth-order valence-corrected chi connectivity index (χ4v) is 7.38. The van der Waals surface area contributed by atoms with Crippen LogP contribution in [0.5, 0.6) is 0 Å². The minimum absolute atomic E-state index is 0.0841. The number of esters is 3. The monoisotopic (exact) mass is 993 g/mol. The van der Waals surface area contributed by atoms with Gasteiger partial charge in [-0.1, -0.05) is 256 Å². The van der Waals surface area contributed by atoms with E-state index in [1.54, 1.807) is 6.08 Å². The number of hydrogen-bond acceptors (Lipinski definition) is 6. The van der Waals surface area contributed by atoms with Crippen LogP contribution < -0.4 is 0 Å². The zero-order valence-corrected chi connectivity index (χ0v) is 46.1. The first-order chi connectivity index (χ1) is 35.5. The maximum absolute atomic E-state index is 12.8. The maximum Gasteiger partial charge on any atom is 0.310 e. The Hall–Kier alpha value is -4.71. The Morgan fingerprint density at radius 1 is 0.306 bits per heavy atom. The lowest BCUT2D eigenvalue weighted by Gasteiger charge is -2.18. The van der Waals surface area contributed by atoms with Crippen molar-refractivity contribution in [3.05, 3.63) is 146 Å². The second kappa shape index (κ2) is 58.9. The van der Waals surface area contributed by atoms with E-state index in [4.69, 9.17) is 14.2 Å². The van der Waals surface area contributed by atoms with E-state index in [0.717, 1.165) is 116 Å². The van der Waals surface area contributed by atoms with E-state index in [0.29, 0.717) is 19.3 Å². The lowest BCUT2D eigenvalue weighted by Crippen LogP contribution is -2.30. The summed E-state index contributed by atoms with van der Waals surface area (Å²) in [6.07, 6.45) is 84.4. The van der Waals surface area contributed by atoms with Gasteiger partial charge in [-0.05, 0) is 103 Å². The third-order valence-electron chi connectivity index (χ3n) is 11.6. The predicted octanol–water partition coefficient (Wildman–Crippen LogP) is 19.6. The van der Waals surface area contributed by atoms with E-state index in [-0.39, 0.29) is 31.6 Å². The molecule has 0 saturated carbocycles. The van der Waals surface area contributed by atoms with Crippen LogP contribution in [0.4, 0.5) is 0 Å². The van der Waals surface area contributed by atoms with Gasteiger partial charge in [-0.2, -0.15) is 0 Å². The van der Waals surface area contributed by atoms with Crippen molar-refractivity contribution in [1.82, 2.24) is 0 Å². The van der Waals surface area contributed by atoms with Crippen LogP contribution in [0.25, 0.3) is 0 Å². The van der Waals surface area contributed by atoms with Crippen LogP contribution in [-0.4, -0.2) is 37.2 Å². The average Bonchev–Trinajstić information content (AvgIpc) is 3.38. The van der Waals surface area contributed by atoms with Gasteiger partial charge in [-0.15, -0.1) is 0 Å². The van der Waals surface area contributed by atoms with Gasteiger partial charge in [0, 0.05) is 12.8 Å². The smallest absolute Gasteiger partial charge is 0.310 e. The zero-order valence-electron chi connectivity index (χ0n) is 46.1. The van der Waals surface area contributed by atoms with Crippen molar-refractivity contribution in [3.63, 3.8) is 0 Å². The van der Waals surface area contributed by atoms with Gasteiger partial charge < -0.3 is 14.2 Å². The third-order valence-corrected chi connectivity index (χ3v) is 11.6. The molecule has 1 unspecified atom stereocenters. The zero-order chi connectivity index (χ0) is 52.2. The van der Waals surface area contributed by atoms with Gasteiger partial charge in [0.25, 0.3) is 0 Å². The van der Waals surface area contributed by atoms with E-state index in [2.05, 4.69) is 154 Å². The molecule has 0 fully saturated rings. The number of carbonyl (C=O) groups excluding carboxylic acids is 3. The SMILES string of the molecule is CC/C=C\C/C=C\C/C=C\C/C=C\C/C=C\C/C=C\C/C=C\CCCCCC(=O)OCC(COC(=O)CCCCCCCCCCCCCCCC)OC(=O)C/C=C\C/C=C\C/C=C\C/C=C\C/C=C\CC. The predicted molar refractivity (Wildman–Crippen MR) is 311 cm³/mol. The quantitative estimate of drug-likeness (QED) is 0.0261. The van der Waals surface area contributed by atoms with Crippen LogP contribution >= 0.6 is 0 Å². The minimum Gasteiger partial charge on any atom is -0.462 e. The van der Waals surface area contributed by atoms with Crippen molar-refractivity contribution >= 4 is 17.9 Å². The summed E-state index contributed by atoms with van der Waals surface area (Å²) in [5.41, 5.74) is 0. The van der Waals surface area contributed by atoms with E-state index in [9.17, 15) is 14.4 Å². The van der Waals surface area contributed by atoms with E-state index >= 15 is 0 Å². The summed E-state index contributed by atoms with van der Waals surface area (Å²) >= 11 is 0. The topological polar surface area (TPSA) is 78.9 Å². The lowest BCUT2D eigenvalue weighted by atomic mass is 10.0. The van der Waals surface area contributed by atoms with Crippen molar-refractivity contribution in [2.24, 2.45) is 0 Å². The summed E-state index contributed by atoms with van der Waals surface area (Å²) in [6.45, 7) is 6.29. The summed E-state index contributed by atoms with van der Waals surface area (Å²) in [7, 11) is 0. The molecule has 0 aromatic carbocycles. The van der Waals surface area contributed by atoms with E-state index in [1.165, 1.54) is 70.6 Å². The minimum atomic E-state index is -0.851. The van der Waals surface area contributed by atoms with Crippen LogP contribution in [0.1, 0.15) is 233 Å². The van der Waals surface area contributed by atoms with Gasteiger partial charge in [-0.25, -0.2) is 0 Å². The highest BCUT2D eigenvalue weighted by molar-refractivity contribution is 5.72. The van der Waals surface area contributed by atoms with E-state index in [1.807, 2.05) is 6.08 Å². The van der Waals surface area contributed by atoms with Crippen LogP contribution in [0.2, 0.25) is 0 Å². The molecule has 72 heavy (non-hydrogen) atoms. The molecule has 0 rings (SSSR count). The Kier molecular flexibility index (Phi) is 55.0. The summed E-state index contributed by atoms with van der Waals surface area (Å²) in [5.74, 6) is -1.10.